The molecule has 3 nitrogen and oxygen atoms in total. The first kappa shape index (κ1) is 12.5. The summed E-state index contributed by atoms with van der Waals surface area (Å²) in [6.45, 7) is 0. The predicted molar refractivity (Wildman–Crippen MR) is 87.8 cm³/mol. The second-order valence-corrected chi connectivity index (χ2v) is 4.99. The molecule has 104 valence electrons. The van der Waals surface area contributed by atoms with Gasteiger partial charge >= 0.3 is 0 Å². The number of pyridine rings is 1. The molecule has 0 aliphatic heterocycles. The minimum absolute atomic E-state index is 0.868. The average molecular weight is 283 g/mol. The van der Waals surface area contributed by atoms with Crippen LogP contribution < -0.4 is 0 Å². The lowest BCUT2D eigenvalue weighted by Gasteiger charge is -2.02. The number of aromatic nitrogens is 3. The average Bonchev–Trinajstić information content (AvgIpc) is 3.24. The van der Waals surface area contributed by atoms with E-state index in [2.05, 4.69) is 38.5 Å². The van der Waals surface area contributed by atoms with Crippen LogP contribution in [0, 0.1) is 11.8 Å². The zero-order valence-electron chi connectivity index (χ0n) is 11.8. The Kier molecular flexibility index (Phi) is 2.99. The van der Waals surface area contributed by atoms with Crippen molar-refractivity contribution >= 4 is 11.0 Å². The van der Waals surface area contributed by atoms with Crippen LogP contribution in [0.25, 0.3) is 16.7 Å². The number of rotatable bonds is 1. The number of fused-ring (bicyclic) bond motifs is 1. The molecule has 1 aromatic carbocycles. The highest BCUT2D eigenvalue weighted by Gasteiger charge is 1.99. The van der Waals surface area contributed by atoms with E-state index >= 15 is 0 Å². The standard InChI is InChI=1S/C19H13N3/c1-2-13-22(12-1)17-5-3-4-15(14-17)6-7-16-8-10-20-19-18(16)9-11-21-19/h1-5,8-14H,(H,20,21). The van der Waals surface area contributed by atoms with Crippen LogP contribution in [-0.2, 0) is 0 Å². The fraction of sp³-hybridized carbons (Fsp3) is 0. The Morgan fingerprint density at radius 1 is 0.955 bits per heavy atom. The Balaban J connectivity index is 1.73. The van der Waals surface area contributed by atoms with Crippen molar-refractivity contribution in [3.05, 3.63) is 84.4 Å². The molecule has 0 saturated carbocycles. The highest BCUT2D eigenvalue weighted by Crippen LogP contribution is 2.14. The van der Waals surface area contributed by atoms with Gasteiger partial charge in [-0.3, -0.25) is 0 Å². The molecule has 4 aromatic rings. The first-order valence-electron chi connectivity index (χ1n) is 7.08. The van der Waals surface area contributed by atoms with E-state index in [1.165, 1.54) is 0 Å². The third-order valence-electron chi connectivity index (χ3n) is 3.55. The van der Waals surface area contributed by atoms with Gasteiger partial charge in [0.2, 0.25) is 0 Å². The van der Waals surface area contributed by atoms with Crippen molar-refractivity contribution in [2.45, 2.75) is 0 Å². The van der Waals surface area contributed by atoms with Crippen LogP contribution in [0.15, 0.2) is 73.3 Å². The van der Waals surface area contributed by atoms with Crippen molar-refractivity contribution in [2.24, 2.45) is 0 Å². The number of hydrogen-bond acceptors (Lipinski definition) is 1. The second-order valence-electron chi connectivity index (χ2n) is 4.99. The lowest BCUT2D eigenvalue weighted by molar-refractivity contribution is 1.08. The van der Waals surface area contributed by atoms with E-state index in [0.29, 0.717) is 0 Å². The molecular formula is C19H13N3. The zero-order valence-corrected chi connectivity index (χ0v) is 11.8. The van der Waals surface area contributed by atoms with Crippen LogP contribution in [0.5, 0.6) is 0 Å². The smallest absolute Gasteiger partial charge is 0.138 e. The molecule has 3 aromatic heterocycles. The first-order chi connectivity index (χ1) is 10.9. The number of hydrogen-bond donors (Lipinski definition) is 1. The number of benzene rings is 1. The normalized spacial score (nSPS) is 10.4. The van der Waals surface area contributed by atoms with E-state index in [0.717, 1.165) is 27.8 Å². The van der Waals surface area contributed by atoms with Gasteiger partial charge < -0.3 is 9.55 Å². The van der Waals surface area contributed by atoms with Gasteiger partial charge in [-0.2, -0.15) is 0 Å². The Labute approximate surface area is 128 Å². The van der Waals surface area contributed by atoms with Crippen molar-refractivity contribution in [3.63, 3.8) is 0 Å². The Hall–Kier alpha value is -3.25. The Morgan fingerprint density at radius 3 is 2.77 bits per heavy atom. The first-order valence-corrected chi connectivity index (χ1v) is 7.08. The summed E-state index contributed by atoms with van der Waals surface area (Å²) in [6.07, 6.45) is 7.71. The zero-order chi connectivity index (χ0) is 14.8. The van der Waals surface area contributed by atoms with Gasteiger partial charge in [-0.15, -0.1) is 0 Å². The molecule has 22 heavy (non-hydrogen) atoms. The molecule has 3 heterocycles. The highest BCUT2D eigenvalue weighted by molar-refractivity contribution is 5.82. The largest absolute Gasteiger partial charge is 0.346 e. The van der Waals surface area contributed by atoms with Gasteiger partial charge in [0.05, 0.1) is 0 Å². The van der Waals surface area contributed by atoms with Crippen LogP contribution in [0.1, 0.15) is 11.1 Å². The molecule has 0 atom stereocenters. The van der Waals surface area contributed by atoms with E-state index in [9.17, 15) is 0 Å². The van der Waals surface area contributed by atoms with Crippen LogP contribution in [0.3, 0.4) is 0 Å². The monoisotopic (exact) mass is 283 g/mol. The molecule has 0 aliphatic carbocycles. The van der Waals surface area contributed by atoms with Crippen molar-refractivity contribution in [2.75, 3.05) is 0 Å². The molecule has 0 spiro atoms. The summed E-state index contributed by atoms with van der Waals surface area (Å²) in [6, 6.07) is 16.2. The minimum atomic E-state index is 0.868. The maximum atomic E-state index is 4.28. The fourth-order valence-electron chi connectivity index (χ4n) is 2.46. The lowest BCUT2D eigenvalue weighted by Crippen LogP contribution is -1.89. The van der Waals surface area contributed by atoms with E-state index in [1.807, 2.05) is 55.0 Å². The lowest BCUT2D eigenvalue weighted by atomic mass is 10.1. The SMILES string of the molecule is C(#Cc1ccnc2[nH]ccc12)c1cccc(-n2cccc2)c1. The summed E-state index contributed by atoms with van der Waals surface area (Å²) in [7, 11) is 0. The quantitative estimate of drug-likeness (QED) is 0.530. The molecule has 0 aliphatic rings. The van der Waals surface area contributed by atoms with Crippen LogP contribution in [0.2, 0.25) is 0 Å². The van der Waals surface area contributed by atoms with Crippen molar-refractivity contribution in [1.29, 1.82) is 0 Å². The van der Waals surface area contributed by atoms with Crippen molar-refractivity contribution in [1.82, 2.24) is 14.5 Å². The van der Waals surface area contributed by atoms with Crippen molar-refractivity contribution < 1.29 is 0 Å². The molecule has 0 bridgehead atoms. The number of aromatic amines is 1. The molecule has 1 N–H and O–H groups in total. The van der Waals surface area contributed by atoms with E-state index in [4.69, 9.17) is 0 Å². The molecular weight excluding hydrogens is 270 g/mol. The van der Waals surface area contributed by atoms with Gasteiger partial charge in [-0.1, -0.05) is 17.9 Å². The Bertz CT molecular complexity index is 982. The van der Waals surface area contributed by atoms with Crippen molar-refractivity contribution in [3.8, 4) is 17.5 Å². The summed E-state index contributed by atoms with van der Waals surface area (Å²) in [5, 5.41) is 1.05. The third kappa shape index (κ3) is 2.27. The van der Waals surface area contributed by atoms with E-state index in [1.54, 1.807) is 6.20 Å². The summed E-state index contributed by atoms with van der Waals surface area (Å²) >= 11 is 0. The summed E-state index contributed by atoms with van der Waals surface area (Å²) in [4.78, 5) is 7.38. The van der Waals surface area contributed by atoms with Gasteiger partial charge in [0.25, 0.3) is 0 Å². The van der Waals surface area contributed by atoms with Gasteiger partial charge in [0.15, 0.2) is 0 Å². The maximum absolute atomic E-state index is 4.28. The molecule has 0 saturated heterocycles. The molecule has 0 amide bonds. The summed E-state index contributed by atoms with van der Waals surface area (Å²) in [5.41, 5.74) is 3.95. The Morgan fingerprint density at radius 2 is 1.86 bits per heavy atom. The summed E-state index contributed by atoms with van der Waals surface area (Å²) in [5.74, 6) is 6.48. The number of H-pyrrole nitrogens is 1. The van der Waals surface area contributed by atoms with E-state index in [-0.39, 0.29) is 0 Å². The van der Waals surface area contributed by atoms with Crippen LogP contribution in [0.4, 0.5) is 0 Å². The van der Waals surface area contributed by atoms with Crippen LogP contribution >= 0.6 is 0 Å². The minimum Gasteiger partial charge on any atom is -0.346 e. The maximum Gasteiger partial charge on any atom is 0.138 e. The van der Waals surface area contributed by atoms with Crippen LogP contribution in [-0.4, -0.2) is 14.5 Å². The number of nitrogens with zero attached hydrogens (tertiary/aromatic N) is 2. The fourth-order valence-corrected chi connectivity index (χ4v) is 2.46. The van der Waals surface area contributed by atoms with Gasteiger partial charge in [0.1, 0.15) is 5.65 Å². The molecule has 3 heteroatoms. The summed E-state index contributed by atoms with van der Waals surface area (Å²) < 4.78 is 2.07. The molecule has 0 radical (unpaired) electrons. The molecule has 0 unspecified atom stereocenters. The third-order valence-corrected chi connectivity index (χ3v) is 3.55. The van der Waals surface area contributed by atoms with E-state index < -0.39 is 0 Å². The molecule has 4 rings (SSSR count). The van der Waals surface area contributed by atoms with Gasteiger partial charge in [-0.25, -0.2) is 4.98 Å². The van der Waals surface area contributed by atoms with Gasteiger partial charge in [-0.05, 0) is 42.5 Å². The van der Waals surface area contributed by atoms with Gasteiger partial charge in [0, 0.05) is 47.0 Å². The predicted octanol–water partition coefficient (Wildman–Crippen LogP) is 3.75. The highest BCUT2D eigenvalue weighted by atomic mass is 14.9. The topological polar surface area (TPSA) is 33.6 Å². The molecule has 0 fully saturated rings. The second kappa shape index (κ2) is 5.27. The number of nitrogens with one attached hydrogen (secondary N) is 1.